The van der Waals surface area contributed by atoms with Gasteiger partial charge in [0.25, 0.3) is 17.0 Å². The Balaban J connectivity index is 2.10. The van der Waals surface area contributed by atoms with Gasteiger partial charge in [0.2, 0.25) is 0 Å². The van der Waals surface area contributed by atoms with Gasteiger partial charge in [-0.25, -0.2) is 0 Å². The van der Waals surface area contributed by atoms with Crippen molar-refractivity contribution < 1.29 is 4.79 Å². The van der Waals surface area contributed by atoms with Crippen molar-refractivity contribution in [3.05, 3.63) is 62.4 Å². The monoisotopic (exact) mass is 298 g/mol. The van der Waals surface area contributed by atoms with Gasteiger partial charge in [-0.05, 0) is 31.2 Å². The van der Waals surface area contributed by atoms with Gasteiger partial charge < -0.3 is 9.88 Å². The molecule has 1 amide bonds. The third-order valence-electron chi connectivity index (χ3n) is 3.68. The van der Waals surface area contributed by atoms with Gasteiger partial charge in [0.05, 0.1) is 16.5 Å². The molecule has 0 bridgehead atoms. The molecule has 3 rings (SSSR count). The molecule has 2 aromatic heterocycles. The molecule has 0 radical (unpaired) electrons. The van der Waals surface area contributed by atoms with Crippen LogP contribution in [0.4, 0.5) is 5.69 Å². The number of fused-ring (bicyclic) bond motifs is 1. The van der Waals surface area contributed by atoms with E-state index in [4.69, 9.17) is 0 Å². The maximum atomic E-state index is 12.4. The fourth-order valence-corrected chi connectivity index (χ4v) is 2.36. The van der Waals surface area contributed by atoms with Crippen LogP contribution in [0, 0.1) is 6.92 Å². The van der Waals surface area contributed by atoms with Gasteiger partial charge in [0.1, 0.15) is 5.69 Å². The van der Waals surface area contributed by atoms with Gasteiger partial charge in [-0.3, -0.25) is 24.6 Å². The summed E-state index contributed by atoms with van der Waals surface area (Å²) < 4.78 is 1.75. The van der Waals surface area contributed by atoms with Gasteiger partial charge in [-0.1, -0.05) is 6.07 Å². The average molecular weight is 298 g/mol. The molecule has 112 valence electrons. The number of carbonyl (C=O) groups excluding carboxylic acids is 1. The van der Waals surface area contributed by atoms with Crippen LogP contribution in [0.5, 0.6) is 0 Å². The number of hydrogen-bond acceptors (Lipinski definition) is 3. The van der Waals surface area contributed by atoms with E-state index in [1.165, 1.54) is 6.07 Å². The third-order valence-corrected chi connectivity index (χ3v) is 3.68. The Morgan fingerprint density at radius 2 is 1.82 bits per heavy atom. The van der Waals surface area contributed by atoms with Crippen molar-refractivity contribution in [2.24, 2.45) is 7.05 Å². The maximum absolute atomic E-state index is 12.4. The zero-order valence-electron chi connectivity index (χ0n) is 12.1. The van der Waals surface area contributed by atoms with Crippen molar-refractivity contribution in [3.8, 4) is 0 Å². The summed E-state index contributed by atoms with van der Waals surface area (Å²) in [6.45, 7) is 1.89. The van der Waals surface area contributed by atoms with Crippen molar-refractivity contribution in [1.82, 2.24) is 14.8 Å². The number of hydrogen-bond donors (Lipinski definition) is 3. The molecule has 0 fully saturated rings. The van der Waals surface area contributed by atoms with Gasteiger partial charge in [0, 0.05) is 12.7 Å². The largest absolute Gasteiger partial charge is 0.344 e. The highest BCUT2D eigenvalue weighted by Crippen LogP contribution is 2.18. The molecule has 3 N–H and O–H groups in total. The lowest BCUT2D eigenvalue weighted by Gasteiger charge is -2.09. The predicted molar refractivity (Wildman–Crippen MR) is 83.3 cm³/mol. The molecule has 0 aliphatic carbocycles. The van der Waals surface area contributed by atoms with Gasteiger partial charge in [-0.2, -0.15) is 0 Å². The number of rotatable bonds is 2. The lowest BCUT2D eigenvalue weighted by atomic mass is 10.1. The number of aromatic nitrogens is 3. The van der Waals surface area contributed by atoms with Crippen LogP contribution in [0.3, 0.4) is 0 Å². The summed E-state index contributed by atoms with van der Waals surface area (Å²) in [6, 6.07) is 8.27. The van der Waals surface area contributed by atoms with Gasteiger partial charge in [-0.15, -0.1) is 0 Å². The second kappa shape index (κ2) is 5.03. The molecule has 0 spiro atoms. The molecular weight excluding hydrogens is 284 g/mol. The minimum absolute atomic E-state index is 0.158. The smallest absolute Gasteiger partial charge is 0.272 e. The topological polar surface area (TPSA) is 99.8 Å². The first-order chi connectivity index (χ1) is 10.5. The van der Waals surface area contributed by atoms with Crippen LogP contribution in [0.15, 0.2) is 39.9 Å². The minimum Gasteiger partial charge on any atom is -0.344 e. The summed E-state index contributed by atoms with van der Waals surface area (Å²) in [7, 11) is 1.78. The molecule has 0 saturated heterocycles. The molecular formula is C15H14N4O3. The van der Waals surface area contributed by atoms with Crippen molar-refractivity contribution in [1.29, 1.82) is 0 Å². The van der Waals surface area contributed by atoms with Crippen LogP contribution in [-0.4, -0.2) is 20.7 Å². The van der Waals surface area contributed by atoms with E-state index in [-0.39, 0.29) is 16.7 Å². The average Bonchev–Trinajstić information content (AvgIpc) is 2.83. The quantitative estimate of drug-likeness (QED) is 0.661. The van der Waals surface area contributed by atoms with Crippen molar-refractivity contribution in [2.45, 2.75) is 6.92 Å². The van der Waals surface area contributed by atoms with E-state index < -0.39 is 11.1 Å². The molecule has 22 heavy (non-hydrogen) atoms. The number of aryl methyl sites for hydroxylation is 1. The summed E-state index contributed by atoms with van der Waals surface area (Å²) in [4.78, 5) is 36.1. The highest BCUT2D eigenvalue weighted by molar-refractivity contribution is 6.08. The molecule has 1 aromatic carbocycles. The number of anilines is 1. The van der Waals surface area contributed by atoms with E-state index in [2.05, 4.69) is 15.5 Å². The van der Waals surface area contributed by atoms with E-state index >= 15 is 0 Å². The van der Waals surface area contributed by atoms with Gasteiger partial charge >= 0.3 is 0 Å². The lowest BCUT2D eigenvalue weighted by molar-refractivity contribution is 0.101. The third kappa shape index (κ3) is 2.12. The number of nitrogens with one attached hydrogen (secondary N) is 3. The van der Waals surface area contributed by atoms with Crippen LogP contribution in [0.25, 0.3) is 10.8 Å². The zero-order valence-corrected chi connectivity index (χ0v) is 12.1. The van der Waals surface area contributed by atoms with E-state index in [9.17, 15) is 14.4 Å². The van der Waals surface area contributed by atoms with E-state index in [1.807, 2.05) is 13.0 Å². The highest BCUT2D eigenvalue weighted by atomic mass is 16.2. The van der Waals surface area contributed by atoms with E-state index in [0.29, 0.717) is 11.4 Å². The molecule has 0 aliphatic heterocycles. The molecule has 3 aromatic rings. The number of H-pyrrole nitrogens is 2. The molecule has 2 heterocycles. The summed E-state index contributed by atoms with van der Waals surface area (Å²) in [5.74, 6) is -0.345. The first-order valence-electron chi connectivity index (χ1n) is 6.66. The first kappa shape index (κ1) is 13.9. The number of nitrogens with zero attached hydrogens (tertiary/aromatic N) is 1. The summed E-state index contributed by atoms with van der Waals surface area (Å²) in [6.07, 6.45) is 0. The normalized spacial score (nSPS) is 10.8. The van der Waals surface area contributed by atoms with Crippen LogP contribution >= 0.6 is 0 Å². The molecule has 0 atom stereocenters. The van der Waals surface area contributed by atoms with Crippen molar-refractivity contribution >= 4 is 22.4 Å². The number of benzene rings is 1. The minimum atomic E-state index is -0.464. The molecule has 7 heteroatoms. The van der Waals surface area contributed by atoms with E-state index in [0.717, 1.165) is 5.69 Å². The molecule has 7 nitrogen and oxygen atoms in total. The summed E-state index contributed by atoms with van der Waals surface area (Å²) >= 11 is 0. The Morgan fingerprint density at radius 3 is 2.50 bits per heavy atom. The van der Waals surface area contributed by atoms with Crippen molar-refractivity contribution in [2.75, 3.05) is 5.32 Å². The SMILES string of the molecule is Cc1ccc(C(=O)Nc2cccc3c(=O)[nH][nH]c(=O)c23)n1C. The number of amides is 1. The first-order valence-corrected chi connectivity index (χ1v) is 6.66. The fraction of sp³-hybridized carbons (Fsp3) is 0.133. The number of aromatic amines is 2. The van der Waals surface area contributed by atoms with E-state index in [1.54, 1.807) is 29.8 Å². The van der Waals surface area contributed by atoms with Crippen LogP contribution in [0.2, 0.25) is 0 Å². The Labute approximate surface area is 124 Å². The van der Waals surface area contributed by atoms with Crippen LogP contribution in [-0.2, 0) is 7.05 Å². The summed E-state index contributed by atoms with van der Waals surface area (Å²) in [5, 5.41) is 7.59. The summed E-state index contributed by atoms with van der Waals surface area (Å²) in [5.41, 5.74) is 0.829. The Morgan fingerprint density at radius 1 is 1.09 bits per heavy atom. The maximum Gasteiger partial charge on any atom is 0.272 e. The second-order valence-corrected chi connectivity index (χ2v) is 5.01. The zero-order chi connectivity index (χ0) is 15.9. The standard InChI is InChI=1S/C15H14N4O3/c1-8-6-7-11(19(8)2)14(21)16-10-5-3-4-9-12(10)15(22)18-17-13(9)20/h3-7H,1-2H3,(H,16,21)(H,17,20)(H,18,22). The lowest BCUT2D eigenvalue weighted by Crippen LogP contribution is -2.22. The Kier molecular flexibility index (Phi) is 3.17. The van der Waals surface area contributed by atoms with Crippen LogP contribution < -0.4 is 16.4 Å². The second-order valence-electron chi connectivity index (χ2n) is 5.01. The Hall–Kier alpha value is -3.09. The van der Waals surface area contributed by atoms with Crippen molar-refractivity contribution in [3.63, 3.8) is 0 Å². The van der Waals surface area contributed by atoms with Gasteiger partial charge in [0.15, 0.2) is 0 Å². The van der Waals surface area contributed by atoms with Crippen LogP contribution in [0.1, 0.15) is 16.2 Å². The Bertz CT molecular complexity index is 994. The highest BCUT2D eigenvalue weighted by Gasteiger charge is 2.14. The fourth-order valence-electron chi connectivity index (χ4n) is 2.36. The predicted octanol–water partition coefficient (Wildman–Crippen LogP) is 1.12. The molecule has 0 unspecified atom stereocenters. The molecule has 0 aliphatic rings. The molecule has 0 saturated carbocycles. The number of carbonyl (C=O) groups is 1.